The van der Waals surface area contributed by atoms with E-state index in [4.69, 9.17) is 5.11 Å². The van der Waals surface area contributed by atoms with Crippen LogP contribution in [0.5, 0.6) is 0 Å². The lowest BCUT2D eigenvalue weighted by Crippen LogP contribution is -2.58. The summed E-state index contributed by atoms with van der Waals surface area (Å²) in [6, 6.07) is 0. The predicted octanol–water partition coefficient (Wildman–Crippen LogP) is 3.59. The summed E-state index contributed by atoms with van der Waals surface area (Å²) in [6.07, 6.45) is 9.12. The van der Waals surface area contributed by atoms with Gasteiger partial charge in [-0.05, 0) is 104 Å². The minimum Gasteiger partial charge on any atom is -0.480 e. The SMILES string of the molecule is C[C@@H](CCC(=O)NCC(=O)O)[C@H]1CC[C@H]2[C@@H]3CC[C@@H]4C[C@@H](O)CC[C@]4(C)[C@H]3C[C@@H](O)[C@]12C. The van der Waals surface area contributed by atoms with Crippen LogP contribution >= 0.6 is 0 Å². The summed E-state index contributed by atoms with van der Waals surface area (Å²) in [6.45, 7) is 6.65. The zero-order valence-corrected chi connectivity index (χ0v) is 20.1. The molecule has 0 aromatic heterocycles. The summed E-state index contributed by atoms with van der Waals surface area (Å²) in [4.78, 5) is 22.7. The molecule has 0 aliphatic heterocycles. The first-order valence-electron chi connectivity index (χ1n) is 12.9. The highest BCUT2D eigenvalue weighted by molar-refractivity contribution is 5.81. The van der Waals surface area contributed by atoms with Gasteiger partial charge in [-0.25, -0.2) is 0 Å². The fourth-order valence-electron chi connectivity index (χ4n) is 8.98. The minimum atomic E-state index is -1.02. The quantitative estimate of drug-likeness (QED) is 0.496. The van der Waals surface area contributed by atoms with Crippen LogP contribution in [-0.4, -0.2) is 45.9 Å². The van der Waals surface area contributed by atoms with Gasteiger partial charge in [-0.2, -0.15) is 0 Å². The molecular formula is C26H43NO5. The van der Waals surface area contributed by atoms with E-state index in [2.05, 4.69) is 26.1 Å². The molecule has 0 saturated heterocycles. The second-order valence-electron chi connectivity index (χ2n) is 12.1. The highest BCUT2D eigenvalue weighted by Gasteiger charge is 2.63. The number of carboxylic acid groups (broad SMARTS) is 1. The van der Waals surface area contributed by atoms with Crippen molar-refractivity contribution in [2.45, 2.75) is 97.2 Å². The zero-order chi connectivity index (χ0) is 23.3. The van der Waals surface area contributed by atoms with Crippen molar-refractivity contribution in [2.75, 3.05) is 6.54 Å². The number of carboxylic acids is 1. The number of hydrogen-bond donors (Lipinski definition) is 4. The van der Waals surface area contributed by atoms with Gasteiger partial charge in [0.25, 0.3) is 0 Å². The van der Waals surface area contributed by atoms with E-state index in [-0.39, 0.29) is 35.5 Å². The first-order chi connectivity index (χ1) is 15.1. The smallest absolute Gasteiger partial charge is 0.322 e. The van der Waals surface area contributed by atoms with E-state index in [9.17, 15) is 19.8 Å². The Morgan fingerprint density at radius 1 is 1.03 bits per heavy atom. The summed E-state index contributed by atoms with van der Waals surface area (Å²) in [5, 5.41) is 33.0. The zero-order valence-electron chi connectivity index (χ0n) is 20.1. The van der Waals surface area contributed by atoms with Crippen LogP contribution in [-0.2, 0) is 9.59 Å². The van der Waals surface area contributed by atoms with Gasteiger partial charge in [-0.15, -0.1) is 0 Å². The Kier molecular flexibility index (Phi) is 6.68. The average molecular weight is 450 g/mol. The van der Waals surface area contributed by atoms with Gasteiger partial charge in [-0.1, -0.05) is 20.8 Å². The van der Waals surface area contributed by atoms with E-state index >= 15 is 0 Å². The van der Waals surface area contributed by atoms with Crippen LogP contribution in [0.1, 0.15) is 85.0 Å². The number of aliphatic hydroxyl groups is 2. The summed E-state index contributed by atoms with van der Waals surface area (Å²) in [5.41, 5.74) is 0.145. The monoisotopic (exact) mass is 449 g/mol. The fraction of sp³-hybridized carbons (Fsp3) is 0.923. The molecule has 0 aromatic carbocycles. The molecule has 4 fully saturated rings. The van der Waals surface area contributed by atoms with Crippen LogP contribution in [0.25, 0.3) is 0 Å². The Balaban J connectivity index is 1.45. The molecule has 0 bridgehead atoms. The average Bonchev–Trinajstić information content (AvgIpc) is 3.10. The molecule has 0 aromatic rings. The van der Waals surface area contributed by atoms with Gasteiger partial charge in [0, 0.05) is 6.42 Å². The standard InChI is InChI=1S/C26H43NO5/c1-15(4-9-23(30)27-14-24(31)32)19-7-8-20-18-6-5-16-12-17(28)10-11-25(16,2)21(18)13-22(29)26(19,20)3/h15-22,28-29H,4-14H2,1-3H3,(H,27,30)(H,31,32)/t15-,16+,17-,18-,19+,20-,21-,22+,25-,26+/m0/s1. The molecule has 6 heteroatoms. The van der Waals surface area contributed by atoms with Crippen molar-refractivity contribution in [1.82, 2.24) is 5.32 Å². The lowest BCUT2D eigenvalue weighted by Gasteiger charge is -2.62. The molecule has 1 amide bonds. The largest absolute Gasteiger partial charge is 0.480 e. The maximum atomic E-state index is 12.0. The number of carbonyl (C=O) groups is 2. The molecule has 0 spiro atoms. The molecular weight excluding hydrogens is 406 g/mol. The summed E-state index contributed by atoms with van der Waals surface area (Å²) in [7, 11) is 0. The summed E-state index contributed by atoms with van der Waals surface area (Å²) < 4.78 is 0. The molecule has 182 valence electrons. The minimum absolute atomic E-state index is 0.102. The molecule has 32 heavy (non-hydrogen) atoms. The van der Waals surface area contributed by atoms with Crippen molar-refractivity contribution in [3.05, 3.63) is 0 Å². The van der Waals surface area contributed by atoms with Gasteiger partial charge >= 0.3 is 5.97 Å². The molecule has 6 nitrogen and oxygen atoms in total. The molecule has 4 aliphatic carbocycles. The van der Waals surface area contributed by atoms with Crippen molar-refractivity contribution in [2.24, 2.45) is 46.3 Å². The first kappa shape index (κ1) is 24.0. The second kappa shape index (κ2) is 8.90. The molecule has 0 heterocycles. The Hall–Kier alpha value is -1.14. The molecule has 4 aliphatic rings. The van der Waals surface area contributed by atoms with Crippen LogP contribution in [0, 0.1) is 46.3 Å². The van der Waals surface area contributed by atoms with Gasteiger partial charge in [0.15, 0.2) is 0 Å². The Morgan fingerprint density at radius 2 is 1.78 bits per heavy atom. The van der Waals surface area contributed by atoms with Crippen LogP contribution in [0.15, 0.2) is 0 Å². The van der Waals surface area contributed by atoms with Crippen LogP contribution in [0.3, 0.4) is 0 Å². The van der Waals surface area contributed by atoms with Crippen molar-refractivity contribution in [3.8, 4) is 0 Å². The van der Waals surface area contributed by atoms with Gasteiger partial charge in [-0.3, -0.25) is 9.59 Å². The van der Waals surface area contributed by atoms with Crippen molar-refractivity contribution in [3.63, 3.8) is 0 Å². The highest BCUT2D eigenvalue weighted by atomic mass is 16.4. The molecule has 0 unspecified atom stereocenters. The summed E-state index contributed by atoms with van der Waals surface area (Å²) in [5.74, 6) is 1.84. The van der Waals surface area contributed by atoms with E-state index in [0.717, 1.165) is 44.9 Å². The van der Waals surface area contributed by atoms with E-state index < -0.39 is 5.97 Å². The van der Waals surface area contributed by atoms with E-state index in [0.29, 0.717) is 41.9 Å². The van der Waals surface area contributed by atoms with Crippen LogP contribution in [0.4, 0.5) is 0 Å². The Bertz CT molecular complexity index is 727. The lowest BCUT2D eigenvalue weighted by atomic mass is 9.43. The number of aliphatic hydroxyl groups excluding tert-OH is 2. The molecule has 4 rings (SSSR count). The maximum Gasteiger partial charge on any atom is 0.322 e. The van der Waals surface area contributed by atoms with Crippen LogP contribution < -0.4 is 5.32 Å². The number of aliphatic carboxylic acids is 1. The number of fused-ring (bicyclic) bond motifs is 5. The Morgan fingerprint density at radius 3 is 2.50 bits per heavy atom. The first-order valence-corrected chi connectivity index (χ1v) is 12.9. The van der Waals surface area contributed by atoms with Gasteiger partial charge in [0.05, 0.1) is 12.2 Å². The topological polar surface area (TPSA) is 107 Å². The molecule has 4 saturated carbocycles. The third kappa shape index (κ3) is 4.00. The number of rotatable bonds is 6. The van der Waals surface area contributed by atoms with Gasteiger partial charge in [0.2, 0.25) is 5.91 Å². The normalized spacial score (nSPS) is 46.5. The highest BCUT2D eigenvalue weighted by Crippen LogP contribution is 2.68. The second-order valence-corrected chi connectivity index (χ2v) is 12.1. The molecule has 0 radical (unpaired) electrons. The van der Waals surface area contributed by atoms with Crippen molar-refractivity contribution >= 4 is 11.9 Å². The number of amides is 1. The van der Waals surface area contributed by atoms with Gasteiger partial charge < -0.3 is 20.6 Å². The summed E-state index contributed by atoms with van der Waals surface area (Å²) >= 11 is 0. The number of carbonyl (C=O) groups excluding carboxylic acids is 1. The van der Waals surface area contributed by atoms with Crippen molar-refractivity contribution in [1.29, 1.82) is 0 Å². The number of hydrogen-bond acceptors (Lipinski definition) is 4. The third-order valence-corrected chi connectivity index (χ3v) is 10.8. The van der Waals surface area contributed by atoms with E-state index in [1.807, 2.05) is 0 Å². The number of nitrogens with one attached hydrogen (secondary N) is 1. The Labute approximate surface area is 192 Å². The fourth-order valence-corrected chi connectivity index (χ4v) is 8.98. The third-order valence-electron chi connectivity index (χ3n) is 10.8. The molecule has 4 N–H and O–H groups in total. The van der Waals surface area contributed by atoms with Crippen molar-refractivity contribution < 1.29 is 24.9 Å². The predicted molar refractivity (Wildman–Crippen MR) is 122 cm³/mol. The van der Waals surface area contributed by atoms with E-state index in [1.165, 1.54) is 12.8 Å². The lowest BCUT2D eigenvalue weighted by molar-refractivity contribution is -0.175. The van der Waals surface area contributed by atoms with E-state index in [1.54, 1.807) is 0 Å². The van der Waals surface area contributed by atoms with Crippen LogP contribution in [0.2, 0.25) is 0 Å². The maximum absolute atomic E-state index is 12.0. The molecule has 10 atom stereocenters. The van der Waals surface area contributed by atoms with Gasteiger partial charge in [0.1, 0.15) is 6.54 Å².